The van der Waals surface area contributed by atoms with E-state index in [9.17, 15) is 0 Å². The Labute approximate surface area is 204 Å². The van der Waals surface area contributed by atoms with E-state index in [1.807, 2.05) is 37.3 Å². The largest absolute Gasteiger partial charge is 0.457 e. The van der Waals surface area contributed by atoms with Crippen molar-refractivity contribution in [1.29, 1.82) is 5.41 Å². The molecule has 2 aromatic heterocycles. The molecule has 7 N–H and O–H groups in total. The summed E-state index contributed by atoms with van der Waals surface area (Å²) in [6, 6.07) is 9.43. The molecule has 3 heterocycles. The highest BCUT2D eigenvalue weighted by molar-refractivity contribution is 7.80. The molecule has 0 saturated carbocycles. The number of nitrogens with zero attached hydrogens (tertiary/aromatic N) is 3. The Bertz CT molecular complexity index is 1240. The maximum Gasteiger partial charge on any atom is 0.231 e. The molecule has 2 atom stereocenters. The fourth-order valence-electron chi connectivity index (χ4n) is 4.27. The number of fused-ring (bicyclic) bond motifs is 1. The highest BCUT2D eigenvalue weighted by Gasteiger charge is 2.30. The standard InChI is InChI=1S/C24H30N8OS/c1-3-32-12-16(4-6-19-10-17-9-15(22(25)26)5-7-20(17)33-19)18(13-32)11-28-21-8-14(2)29-24(30-21)31-23(27)34/h4-10,16,18H,3,11-13H2,1-2H3,(H3,25,26)(H4,27,28,29,30,31,34). The van der Waals surface area contributed by atoms with Gasteiger partial charge < -0.3 is 31.4 Å². The zero-order valence-electron chi connectivity index (χ0n) is 19.3. The Kier molecular flexibility index (Phi) is 7.09. The number of benzene rings is 1. The number of hydrogen-bond donors (Lipinski definition) is 5. The highest BCUT2D eigenvalue weighted by Crippen LogP contribution is 2.27. The van der Waals surface area contributed by atoms with Gasteiger partial charge in [-0.1, -0.05) is 13.0 Å². The summed E-state index contributed by atoms with van der Waals surface area (Å²) in [5.41, 5.74) is 13.5. The number of nitrogens with two attached hydrogens (primary N) is 2. The van der Waals surface area contributed by atoms with Crippen LogP contribution in [-0.4, -0.2) is 52.0 Å². The van der Waals surface area contributed by atoms with Gasteiger partial charge in [0.05, 0.1) is 0 Å². The van der Waals surface area contributed by atoms with Gasteiger partial charge >= 0.3 is 0 Å². The molecule has 0 radical (unpaired) electrons. The third-order valence-corrected chi connectivity index (χ3v) is 6.11. The lowest BCUT2D eigenvalue weighted by Crippen LogP contribution is -2.24. The lowest BCUT2D eigenvalue weighted by molar-refractivity contribution is 0.343. The monoisotopic (exact) mass is 478 g/mol. The van der Waals surface area contributed by atoms with Gasteiger partial charge in [-0.15, -0.1) is 0 Å². The Morgan fingerprint density at radius 1 is 1.26 bits per heavy atom. The van der Waals surface area contributed by atoms with E-state index in [4.69, 9.17) is 33.5 Å². The molecular formula is C24H30N8OS. The molecule has 1 saturated heterocycles. The average molecular weight is 479 g/mol. The van der Waals surface area contributed by atoms with E-state index in [1.165, 1.54) is 0 Å². The van der Waals surface area contributed by atoms with E-state index in [0.29, 0.717) is 23.3 Å². The van der Waals surface area contributed by atoms with Crippen LogP contribution in [-0.2, 0) is 0 Å². The summed E-state index contributed by atoms with van der Waals surface area (Å²) in [6.07, 6.45) is 4.28. The second-order valence-corrected chi connectivity index (χ2v) is 8.98. The minimum absolute atomic E-state index is 0.0497. The van der Waals surface area contributed by atoms with Gasteiger partial charge in [0.15, 0.2) is 5.11 Å². The molecule has 34 heavy (non-hydrogen) atoms. The van der Waals surface area contributed by atoms with Crippen LogP contribution in [0.1, 0.15) is 23.9 Å². The number of rotatable bonds is 8. The summed E-state index contributed by atoms with van der Waals surface area (Å²) >= 11 is 4.90. The molecule has 1 aliphatic heterocycles. The highest BCUT2D eigenvalue weighted by atomic mass is 32.1. The fraction of sp³-hybridized carbons (Fsp3) is 0.333. The van der Waals surface area contributed by atoms with Crippen molar-refractivity contribution in [3.05, 3.63) is 53.4 Å². The summed E-state index contributed by atoms with van der Waals surface area (Å²) < 4.78 is 5.97. The molecule has 9 nitrogen and oxygen atoms in total. The fourth-order valence-corrected chi connectivity index (χ4v) is 4.37. The summed E-state index contributed by atoms with van der Waals surface area (Å²) in [7, 11) is 0. The second kappa shape index (κ2) is 10.2. The van der Waals surface area contributed by atoms with Crippen LogP contribution in [0.2, 0.25) is 0 Å². The number of nitrogen functional groups attached to an aromatic ring is 1. The van der Waals surface area contributed by atoms with E-state index < -0.39 is 0 Å². The van der Waals surface area contributed by atoms with Gasteiger partial charge in [-0.25, -0.2) is 4.98 Å². The number of likely N-dealkylation sites (tertiary alicyclic amines) is 1. The number of aromatic nitrogens is 2. The van der Waals surface area contributed by atoms with Gasteiger partial charge in [0, 0.05) is 42.3 Å². The van der Waals surface area contributed by atoms with Gasteiger partial charge in [-0.2, -0.15) is 4.98 Å². The van der Waals surface area contributed by atoms with Gasteiger partial charge in [0.25, 0.3) is 0 Å². The number of anilines is 2. The summed E-state index contributed by atoms with van der Waals surface area (Å²) in [5.74, 6) is 2.75. The molecule has 0 bridgehead atoms. The molecule has 2 unspecified atom stereocenters. The molecule has 3 aromatic rings. The lowest BCUT2D eigenvalue weighted by Gasteiger charge is -2.17. The van der Waals surface area contributed by atoms with Crippen LogP contribution in [0.15, 0.2) is 40.8 Å². The van der Waals surface area contributed by atoms with Crippen molar-refractivity contribution in [2.45, 2.75) is 13.8 Å². The van der Waals surface area contributed by atoms with Crippen LogP contribution in [0.3, 0.4) is 0 Å². The van der Waals surface area contributed by atoms with Gasteiger partial charge in [-0.3, -0.25) is 5.41 Å². The van der Waals surface area contributed by atoms with Crippen LogP contribution in [0, 0.1) is 24.2 Å². The topological polar surface area (TPSA) is 142 Å². The number of hydrogen-bond acceptors (Lipinski definition) is 7. The number of thiocarbonyl (C=S) groups is 1. The SMILES string of the molecule is CCN1CC(C=Cc2cc3cc(C(=N)N)ccc3o2)C(CNc2cc(C)nc(NC(N)=S)n2)C1. The first-order chi connectivity index (χ1) is 16.3. The minimum atomic E-state index is 0.0497. The predicted molar refractivity (Wildman–Crippen MR) is 141 cm³/mol. The molecule has 0 amide bonds. The maximum absolute atomic E-state index is 7.63. The van der Waals surface area contributed by atoms with Crippen LogP contribution in [0.25, 0.3) is 17.0 Å². The third-order valence-electron chi connectivity index (χ3n) is 6.00. The molecule has 0 spiro atoms. The van der Waals surface area contributed by atoms with Gasteiger partial charge in [0.1, 0.15) is 23.0 Å². The number of nitrogens with one attached hydrogen (secondary N) is 3. The summed E-state index contributed by atoms with van der Waals surface area (Å²) in [5, 5.41) is 15.0. The zero-order chi connectivity index (χ0) is 24.2. The van der Waals surface area contributed by atoms with Crippen molar-refractivity contribution in [3.8, 4) is 0 Å². The van der Waals surface area contributed by atoms with Crippen LogP contribution in [0.4, 0.5) is 11.8 Å². The molecule has 1 fully saturated rings. The zero-order valence-corrected chi connectivity index (χ0v) is 20.2. The van der Waals surface area contributed by atoms with Crippen molar-refractivity contribution < 1.29 is 4.42 Å². The van der Waals surface area contributed by atoms with Gasteiger partial charge in [0.2, 0.25) is 5.95 Å². The summed E-state index contributed by atoms with van der Waals surface area (Å²) in [4.78, 5) is 11.2. The minimum Gasteiger partial charge on any atom is -0.457 e. The van der Waals surface area contributed by atoms with Crippen molar-refractivity contribution in [2.24, 2.45) is 23.3 Å². The maximum atomic E-state index is 7.63. The Morgan fingerprint density at radius 3 is 2.82 bits per heavy atom. The summed E-state index contributed by atoms with van der Waals surface area (Å²) in [6.45, 7) is 7.87. The number of amidine groups is 1. The number of aryl methyl sites for hydroxylation is 1. The van der Waals surface area contributed by atoms with Crippen molar-refractivity contribution in [1.82, 2.24) is 14.9 Å². The Morgan fingerprint density at radius 2 is 2.09 bits per heavy atom. The average Bonchev–Trinajstić information content (AvgIpc) is 3.37. The molecule has 10 heteroatoms. The van der Waals surface area contributed by atoms with E-state index in [0.717, 1.165) is 54.4 Å². The van der Waals surface area contributed by atoms with E-state index >= 15 is 0 Å². The third kappa shape index (κ3) is 5.70. The van der Waals surface area contributed by atoms with Gasteiger partial charge in [-0.05, 0) is 67.9 Å². The van der Waals surface area contributed by atoms with Crippen molar-refractivity contribution in [2.75, 3.05) is 36.8 Å². The Balaban J connectivity index is 1.46. The molecule has 0 aliphatic carbocycles. The first kappa shape index (κ1) is 23.7. The van der Waals surface area contributed by atoms with Crippen molar-refractivity contribution >= 4 is 52.0 Å². The first-order valence-electron chi connectivity index (χ1n) is 11.2. The van der Waals surface area contributed by atoms with Crippen LogP contribution in [0.5, 0.6) is 0 Å². The molecule has 1 aliphatic rings. The van der Waals surface area contributed by atoms with E-state index in [2.05, 4.69) is 38.5 Å². The molecule has 178 valence electrons. The van der Waals surface area contributed by atoms with E-state index in [1.54, 1.807) is 6.07 Å². The van der Waals surface area contributed by atoms with Crippen molar-refractivity contribution in [3.63, 3.8) is 0 Å². The first-order valence-corrected chi connectivity index (χ1v) is 11.7. The lowest BCUT2D eigenvalue weighted by atomic mass is 9.95. The molecular weight excluding hydrogens is 448 g/mol. The van der Waals surface area contributed by atoms with Crippen LogP contribution < -0.4 is 22.1 Å². The van der Waals surface area contributed by atoms with Crippen LogP contribution >= 0.6 is 12.2 Å². The van der Waals surface area contributed by atoms with E-state index in [-0.39, 0.29) is 10.9 Å². The quantitative estimate of drug-likeness (QED) is 0.187. The molecule has 1 aromatic carbocycles. The smallest absolute Gasteiger partial charge is 0.231 e. The Hall–Kier alpha value is -3.50. The predicted octanol–water partition coefficient (Wildman–Crippen LogP) is 3.16. The second-order valence-electron chi connectivity index (χ2n) is 8.54. The molecule has 4 rings (SSSR count). The normalized spacial score (nSPS) is 18.5. The number of furan rings is 1.